The van der Waals surface area contributed by atoms with Gasteiger partial charge in [-0.2, -0.15) is 21.6 Å². The van der Waals surface area contributed by atoms with Gasteiger partial charge in [-0.15, -0.1) is 11.3 Å². The summed E-state index contributed by atoms with van der Waals surface area (Å²) in [6.07, 6.45) is 0. The molecule has 1 saturated heterocycles. The Labute approximate surface area is 175 Å². The molecule has 1 aromatic heterocycles. The molecule has 1 aliphatic heterocycles. The Morgan fingerprint density at radius 1 is 1.17 bits per heavy atom. The monoisotopic (exact) mass is 464 g/mol. The van der Waals surface area contributed by atoms with Crippen LogP contribution in [0.25, 0.3) is 11.1 Å². The summed E-state index contributed by atoms with van der Waals surface area (Å²) >= 11 is 1.23. The van der Waals surface area contributed by atoms with E-state index in [2.05, 4.69) is 14.4 Å². The van der Waals surface area contributed by atoms with Crippen molar-refractivity contribution in [3.05, 3.63) is 40.6 Å². The van der Waals surface area contributed by atoms with Crippen molar-refractivity contribution in [3.8, 4) is 16.9 Å². The maximum atomic E-state index is 12.4. The first-order valence-electron chi connectivity index (χ1n) is 8.94. The van der Waals surface area contributed by atoms with Crippen molar-refractivity contribution in [2.45, 2.75) is 5.51 Å². The molecule has 0 saturated carbocycles. The molecule has 0 atom stereocenters. The normalized spacial score (nSPS) is 15.7. The highest BCUT2D eigenvalue weighted by molar-refractivity contribution is 7.88. The van der Waals surface area contributed by atoms with Gasteiger partial charge >= 0.3 is 15.6 Å². The number of amides is 1. The minimum atomic E-state index is -5.71. The number of ether oxygens (including phenoxy) is 1. The standard InChI is InChI=1S/C18H19F3N2O5S2/c19-18(20,21)30(25,26)28-15-3-1-13(2-4-15)14-11-16(29-12-14)17(24)22-5-6-23-7-9-27-10-8-23/h1-4,11-12H,5-10H2,(H,22,24). The van der Waals surface area contributed by atoms with Crippen LogP contribution >= 0.6 is 11.3 Å². The average Bonchev–Trinajstić information content (AvgIpc) is 3.18. The summed E-state index contributed by atoms with van der Waals surface area (Å²) in [7, 11) is -5.71. The van der Waals surface area contributed by atoms with E-state index in [1.54, 1.807) is 11.4 Å². The summed E-state index contributed by atoms with van der Waals surface area (Å²) in [6.45, 7) is 4.29. The first-order chi connectivity index (χ1) is 14.2. The predicted octanol–water partition coefficient (Wildman–Crippen LogP) is 2.71. The van der Waals surface area contributed by atoms with Crippen molar-refractivity contribution >= 4 is 27.4 Å². The van der Waals surface area contributed by atoms with E-state index >= 15 is 0 Å². The molecule has 0 bridgehead atoms. The zero-order valence-corrected chi connectivity index (χ0v) is 17.3. The van der Waals surface area contributed by atoms with E-state index in [1.807, 2.05) is 0 Å². The van der Waals surface area contributed by atoms with Crippen molar-refractivity contribution < 1.29 is 35.3 Å². The Bertz CT molecular complexity index is 968. The lowest BCUT2D eigenvalue weighted by atomic mass is 10.1. The highest BCUT2D eigenvalue weighted by Crippen LogP contribution is 2.30. The maximum absolute atomic E-state index is 12.4. The molecular weight excluding hydrogens is 445 g/mol. The summed E-state index contributed by atoms with van der Waals surface area (Å²) in [5.41, 5.74) is -4.21. The molecule has 1 N–H and O–H groups in total. The molecule has 30 heavy (non-hydrogen) atoms. The van der Waals surface area contributed by atoms with E-state index in [0.29, 0.717) is 35.8 Å². The van der Waals surface area contributed by atoms with Gasteiger partial charge in [0.25, 0.3) is 5.91 Å². The van der Waals surface area contributed by atoms with Crippen molar-refractivity contribution in [2.75, 3.05) is 39.4 Å². The van der Waals surface area contributed by atoms with Gasteiger partial charge in [-0.3, -0.25) is 9.69 Å². The summed E-state index contributed by atoms with van der Waals surface area (Å²) in [4.78, 5) is 15.0. The number of halogens is 3. The van der Waals surface area contributed by atoms with E-state index in [-0.39, 0.29) is 5.91 Å². The van der Waals surface area contributed by atoms with Gasteiger partial charge < -0.3 is 14.2 Å². The van der Waals surface area contributed by atoms with Crippen LogP contribution < -0.4 is 9.50 Å². The summed E-state index contributed by atoms with van der Waals surface area (Å²) in [5.74, 6) is -0.664. The lowest BCUT2D eigenvalue weighted by Crippen LogP contribution is -2.41. The number of rotatable bonds is 7. The third-order valence-electron chi connectivity index (χ3n) is 4.32. The van der Waals surface area contributed by atoms with Gasteiger partial charge in [-0.25, -0.2) is 0 Å². The van der Waals surface area contributed by atoms with Gasteiger partial charge in [0.2, 0.25) is 0 Å². The number of nitrogens with zero attached hydrogens (tertiary/aromatic N) is 1. The summed E-state index contributed by atoms with van der Waals surface area (Å²) in [6, 6.07) is 6.75. The minimum absolute atomic E-state index is 0.212. The van der Waals surface area contributed by atoms with Crippen LogP contribution in [0.1, 0.15) is 9.67 Å². The van der Waals surface area contributed by atoms with Crippen LogP contribution in [0.5, 0.6) is 5.75 Å². The topological polar surface area (TPSA) is 84.9 Å². The molecule has 1 fully saturated rings. The highest BCUT2D eigenvalue weighted by Gasteiger charge is 2.48. The van der Waals surface area contributed by atoms with Gasteiger partial charge in [0.15, 0.2) is 0 Å². The summed E-state index contributed by atoms with van der Waals surface area (Å²) in [5, 5.41) is 4.59. The number of carbonyl (C=O) groups excluding carboxylic acids is 1. The number of benzene rings is 1. The third-order valence-corrected chi connectivity index (χ3v) is 6.23. The van der Waals surface area contributed by atoms with Crippen LogP contribution in [0.4, 0.5) is 13.2 Å². The van der Waals surface area contributed by atoms with E-state index in [0.717, 1.165) is 31.8 Å². The second kappa shape index (κ2) is 9.33. The van der Waals surface area contributed by atoms with E-state index in [4.69, 9.17) is 4.74 Å². The molecular formula is C18H19F3N2O5S2. The fourth-order valence-electron chi connectivity index (χ4n) is 2.72. The molecule has 164 valence electrons. The van der Waals surface area contributed by atoms with Crippen molar-refractivity contribution in [1.29, 1.82) is 0 Å². The second-order valence-electron chi connectivity index (χ2n) is 6.42. The maximum Gasteiger partial charge on any atom is 0.534 e. The fourth-order valence-corrected chi connectivity index (χ4v) is 4.01. The number of thiophene rings is 1. The molecule has 2 aromatic rings. The summed E-state index contributed by atoms with van der Waals surface area (Å²) < 4.78 is 68.6. The van der Waals surface area contributed by atoms with Crippen LogP contribution in [-0.4, -0.2) is 64.1 Å². The Balaban J connectivity index is 1.56. The quantitative estimate of drug-likeness (QED) is 0.501. The van der Waals surface area contributed by atoms with Crippen LogP contribution in [0.15, 0.2) is 35.7 Å². The smallest absolute Gasteiger partial charge is 0.379 e. The molecule has 3 rings (SSSR count). The predicted molar refractivity (Wildman–Crippen MR) is 105 cm³/mol. The van der Waals surface area contributed by atoms with Crippen molar-refractivity contribution in [1.82, 2.24) is 10.2 Å². The molecule has 7 nitrogen and oxygen atoms in total. The Morgan fingerprint density at radius 2 is 1.83 bits per heavy atom. The number of morpholine rings is 1. The van der Waals surface area contributed by atoms with Gasteiger partial charge in [0, 0.05) is 26.2 Å². The lowest BCUT2D eigenvalue weighted by molar-refractivity contribution is -0.0500. The van der Waals surface area contributed by atoms with Gasteiger partial charge in [-0.1, -0.05) is 12.1 Å². The molecule has 0 aliphatic carbocycles. The number of alkyl halides is 3. The largest absolute Gasteiger partial charge is 0.534 e. The minimum Gasteiger partial charge on any atom is -0.379 e. The molecule has 1 aliphatic rings. The first-order valence-corrected chi connectivity index (χ1v) is 11.2. The lowest BCUT2D eigenvalue weighted by Gasteiger charge is -2.26. The Morgan fingerprint density at radius 3 is 2.47 bits per heavy atom. The fraction of sp³-hybridized carbons (Fsp3) is 0.389. The highest BCUT2D eigenvalue weighted by atomic mass is 32.2. The van der Waals surface area contributed by atoms with Gasteiger partial charge in [0.05, 0.1) is 18.1 Å². The molecule has 1 amide bonds. The van der Waals surface area contributed by atoms with Crippen LogP contribution in [0.2, 0.25) is 0 Å². The van der Waals surface area contributed by atoms with E-state index in [1.165, 1.54) is 23.5 Å². The van der Waals surface area contributed by atoms with Crippen LogP contribution in [-0.2, 0) is 14.9 Å². The van der Waals surface area contributed by atoms with E-state index in [9.17, 15) is 26.4 Å². The molecule has 0 radical (unpaired) electrons. The van der Waals surface area contributed by atoms with Crippen LogP contribution in [0.3, 0.4) is 0 Å². The molecule has 1 aromatic carbocycles. The first kappa shape index (κ1) is 22.5. The molecule has 12 heteroatoms. The SMILES string of the molecule is O=C(NCCN1CCOCC1)c1cc(-c2ccc(OS(=O)(=O)C(F)(F)F)cc2)cs1. The molecule has 0 spiro atoms. The zero-order valence-electron chi connectivity index (χ0n) is 15.6. The zero-order chi connectivity index (χ0) is 21.8. The Hall–Kier alpha value is -2.15. The van der Waals surface area contributed by atoms with Gasteiger partial charge in [-0.05, 0) is 34.7 Å². The van der Waals surface area contributed by atoms with Crippen LogP contribution in [0, 0.1) is 0 Å². The second-order valence-corrected chi connectivity index (χ2v) is 8.87. The Kier molecular flexibility index (Phi) is 7.01. The number of hydrogen-bond acceptors (Lipinski definition) is 7. The third kappa shape index (κ3) is 5.72. The number of carbonyl (C=O) groups is 1. The van der Waals surface area contributed by atoms with Crippen molar-refractivity contribution in [3.63, 3.8) is 0 Å². The molecule has 2 heterocycles. The van der Waals surface area contributed by atoms with Crippen molar-refractivity contribution in [2.24, 2.45) is 0 Å². The average molecular weight is 464 g/mol. The number of hydrogen-bond donors (Lipinski definition) is 1. The van der Waals surface area contributed by atoms with Gasteiger partial charge in [0.1, 0.15) is 5.75 Å². The number of nitrogens with one attached hydrogen (secondary N) is 1. The molecule has 0 unspecified atom stereocenters. The van der Waals surface area contributed by atoms with E-state index < -0.39 is 21.4 Å².